The van der Waals surface area contributed by atoms with E-state index in [1.165, 1.54) is 20.3 Å². The molecule has 0 aromatic heterocycles. The molecule has 1 aliphatic heterocycles. The lowest BCUT2D eigenvalue weighted by atomic mass is 10.1. The van der Waals surface area contributed by atoms with Gasteiger partial charge in [-0.1, -0.05) is 12.1 Å². The van der Waals surface area contributed by atoms with E-state index in [2.05, 4.69) is 0 Å². The van der Waals surface area contributed by atoms with Gasteiger partial charge in [0.25, 0.3) is 0 Å². The standard InChI is InChI=1S/C17H14O5/c1-20-11-6-7-13-12(9-11)17(19)15(22-13)8-10-4-3-5-14(21-2)16(10)18/h3-9,18H,1-2H3/b15-8-. The SMILES string of the molecule is COc1ccc2c(c1)C(=O)/C(=C/c1cccc(OC)c1O)O2. The first-order valence-corrected chi connectivity index (χ1v) is 6.62. The minimum Gasteiger partial charge on any atom is -0.504 e. The molecule has 0 saturated heterocycles. The maximum Gasteiger partial charge on any atom is 0.232 e. The summed E-state index contributed by atoms with van der Waals surface area (Å²) in [6.45, 7) is 0. The number of aromatic hydroxyl groups is 1. The molecule has 0 atom stereocenters. The first-order chi connectivity index (χ1) is 10.6. The van der Waals surface area contributed by atoms with Crippen LogP contribution in [0, 0.1) is 0 Å². The highest BCUT2D eigenvalue weighted by Gasteiger charge is 2.28. The number of ether oxygens (including phenoxy) is 3. The van der Waals surface area contributed by atoms with Crippen molar-refractivity contribution < 1.29 is 24.1 Å². The Labute approximate surface area is 127 Å². The van der Waals surface area contributed by atoms with E-state index in [4.69, 9.17) is 14.2 Å². The van der Waals surface area contributed by atoms with Crippen LogP contribution >= 0.6 is 0 Å². The van der Waals surface area contributed by atoms with Crippen molar-refractivity contribution in [1.29, 1.82) is 0 Å². The number of hydrogen-bond acceptors (Lipinski definition) is 5. The lowest BCUT2D eigenvalue weighted by molar-refractivity contribution is 0.101. The molecule has 1 aliphatic rings. The molecule has 0 spiro atoms. The summed E-state index contributed by atoms with van der Waals surface area (Å²) in [6.07, 6.45) is 1.49. The van der Waals surface area contributed by atoms with Gasteiger partial charge in [0.1, 0.15) is 11.5 Å². The summed E-state index contributed by atoms with van der Waals surface area (Å²) >= 11 is 0. The van der Waals surface area contributed by atoms with E-state index in [-0.39, 0.29) is 17.3 Å². The van der Waals surface area contributed by atoms with Gasteiger partial charge in [0.2, 0.25) is 5.78 Å². The number of rotatable bonds is 3. The van der Waals surface area contributed by atoms with Crippen LogP contribution in [0.3, 0.4) is 0 Å². The van der Waals surface area contributed by atoms with Gasteiger partial charge in [0.05, 0.1) is 19.8 Å². The quantitative estimate of drug-likeness (QED) is 0.882. The number of para-hydroxylation sites is 1. The maximum atomic E-state index is 12.4. The second kappa shape index (κ2) is 5.44. The van der Waals surface area contributed by atoms with Gasteiger partial charge in [-0.15, -0.1) is 0 Å². The van der Waals surface area contributed by atoms with E-state index in [0.717, 1.165) is 0 Å². The highest BCUT2D eigenvalue weighted by molar-refractivity contribution is 6.14. The molecule has 2 aromatic rings. The van der Waals surface area contributed by atoms with Crippen molar-refractivity contribution in [3.8, 4) is 23.0 Å². The molecule has 0 aliphatic carbocycles. The largest absolute Gasteiger partial charge is 0.504 e. The molecule has 3 rings (SSSR count). The van der Waals surface area contributed by atoms with E-state index in [9.17, 15) is 9.90 Å². The molecule has 2 aromatic carbocycles. The van der Waals surface area contributed by atoms with Crippen LogP contribution in [-0.2, 0) is 0 Å². The predicted molar refractivity (Wildman–Crippen MR) is 80.6 cm³/mol. The Kier molecular flexibility index (Phi) is 3.47. The van der Waals surface area contributed by atoms with Crippen LogP contribution in [0.4, 0.5) is 0 Å². The molecule has 0 fully saturated rings. The van der Waals surface area contributed by atoms with Crippen LogP contribution in [0.5, 0.6) is 23.0 Å². The Morgan fingerprint density at radius 2 is 1.95 bits per heavy atom. The van der Waals surface area contributed by atoms with E-state index in [1.54, 1.807) is 36.4 Å². The summed E-state index contributed by atoms with van der Waals surface area (Å²) in [5.41, 5.74) is 0.885. The first-order valence-electron chi connectivity index (χ1n) is 6.62. The number of carbonyl (C=O) groups is 1. The predicted octanol–water partition coefficient (Wildman–Crippen LogP) is 3.03. The summed E-state index contributed by atoms with van der Waals surface area (Å²) in [5.74, 6) is 1.24. The molecule has 1 N–H and O–H groups in total. The number of methoxy groups -OCH3 is 2. The highest BCUT2D eigenvalue weighted by Crippen LogP contribution is 2.36. The molecular weight excluding hydrogens is 284 g/mol. The molecule has 0 saturated carbocycles. The number of fused-ring (bicyclic) bond motifs is 1. The smallest absolute Gasteiger partial charge is 0.232 e. The van der Waals surface area contributed by atoms with Gasteiger partial charge >= 0.3 is 0 Å². The van der Waals surface area contributed by atoms with Crippen LogP contribution < -0.4 is 14.2 Å². The van der Waals surface area contributed by atoms with Gasteiger partial charge in [0, 0.05) is 5.56 Å². The Morgan fingerprint density at radius 3 is 2.68 bits per heavy atom. The highest BCUT2D eigenvalue weighted by atomic mass is 16.5. The second-order valence-electron chi connectivity index (χ2n) is 4.70. The molecule has 112 valence electrons. The third-order valence-corrected chi connectivity index (χ3v) is 3.41. The van der Waals surface area contributed by atoms with Gasteiger partial charge in [-0.25, -0.2) is 0 Å². The Balaban J connectivity index is 2.00. The summed E-state index contributed by atoms with van der Waals surface area (Å²) < 4.78 is 15.7. The number of hydrogen-bond donors (Lipinski definition) is 1. The minimum atomic E-state index is -0.254. The van der Waals surface area contributed by atoms with Gasteiger partial charge in [-0.2, -0.15) is 0 Å². The maximum absolute atomic E-state index is 12.4. The van der Waals surface area contributed by atoms with Gasteiger partial charge in [-0.3, -0.25) is 4.79 Å². The van der Waals surface area contributed by atoms with Crippen molar-refractivity contribution in [3.63, 3.8) is 0 Å². The van der Waals surface area contributed by atoms with Crippen LogP contribution in [-0.4, -0.2) is 25.1 Å². The van der Waals surface area contributed by atoms with E-state index >= 15 is 0 Å². The zero-order chi connectivity index (χ0) is 15.7. The summed E-state index contributed by atoms with van der Waals surface area (Å²) in [5, 5.41) is 10.1. The van der Waals surface area contributed by atoms with Crippen molar-refractivity contribution in [1.82, 2.24) is 0 Å². The lowest BCUT2D eigenvalue weighted by Crippen LogP contribution is -1.98. The van der Waals surface area contributed by atoms with Crippen molar-refractivity contribution >= 4 is 11.9 Å². The lowest BCUT2D eigenvalue weighted by Gasteiger charge is -2.06. The molecule has 1 heterocycles. The van der Waals surface area contributed by atoms with E-state index < -0.39 is 0 Å². The topological polar surface area (TPSA) is 65.0 Å². The fourth-order valence-electron chi connectivity index (χ4n) is 2.26. The molecule has 0 bridgehead atoms. The Morgan fingerprint density at radius 1 is 1.14 bits per heavy atom. The first kappa shape index (κ1) is 14.0. The van der Waals surface area contributed by atoms with Gasteiger partial charge in [0.15, 0.2) is 17.3 Å². The molecule has 5 heteroatoms. The number of phenols is 1. The zero-order valence-corrected chi connectivity index (χ0v) is 12.1. The van der Waals surface area contributed by atoms with Crippen LogP contribution in [0.2, 0.25) is 0 Å². The normalized spacial score (nSPS) is 14.6. The fourth-order valence-corrected chi connectivity index (χ4v) is 2.26. The van der Waals surface area contributed by atoms with Crippen LogP contribution in [0.15, 0.2) is 42.2 Å². The van der Waals surface area contributed by atoms with E-state index in [0.29, 0.717) is 28.4 Å². The average molecular weight is 298 g/mol. The monoisotopic (exact) mass is 298 g/mol. The summed E-state index contributed by atoms with van der Waals surface area (Å²) in [4.78, 5) is 12.4. The van der Waals surface area contributed by atoms with Gasteiger partial charge < -0.3 is 19.3 Å². The number of benzene rings is 2. The van der Waals surface area contributed by atoms with E-state index in [1.807, 2.05) is 0 Å². The number of phenolic OH excluding ortho intramolecular Hbond substituents is 1. The van der Waals surface area contributed by atoms with Crippen molar-refractivity contribution in [2.45, 2.75) is 0 Å². The van der Waals surface area contributed by atoms with Crippen molar-refractivity contribution in [2.75, 3.05) is 14.2 Å². The molecule has 0 unspecified atom stereocenters. The average Bonchev–Trinajstić information content (AvgIpc) is 2.85. The Bertz CT molecular complexity index is 777. The fraction of sp³-hybridized carbons (Fsp3) is 0.118. The number of ketones is 1. The van der Waals surface area contributed by atoms with Gasteiger partial charge in [-0.05, 0) is 30.3 Å². The number of allylic oxidation sites excluding steroid dienone is 1. The number of carbonyl (C=O) groups excluding carboxylic acids is 1. The molecule has 5 nitrogen and oxygen atoms in total. The number of Topliss-reactive ketones (excluding diaryl/α,β-unsaturated/α-hetero) is 1. The molecular formula is C17H14O5. The molecule has 0 amide bonds. The van der Waals surface area contributed by atoms with Crippen LogP contribution in [0.25, 0.3) is 6.08 Å². The van der Waals surface area contributed by atoms with Crippen LogP contribution in [0.1, 0.15) is 15.9 Å². The molecule has 0 radical (unpaired) electrons. The Hall–Kier alpha value is -2.95. The zero-order valence-electron chi connectivity index (χ0n) is 12.1. The molecule has 22 heavy (non-hydrogen) atoms. The second-order valence-corrected chi connectivity index (χ2v) is 4.70. The summed E-state index contributed by atoms with van der Waals surface area (Å²) in [6, 6.07) is 10.1. The summed E-state index contributed by atoms with van der Waals surface area (Å²) in [7, 11) is 3.00. The van der Waals surface area contributed by atoms with Crippen molar-refractivity contribution in [2.24, 2.45) is 0 Å². The third-order valence-electron chi connectivity index (χ3n) is 3.41. The van der Waals surface area contributed by atoms with Crippen molar-refractivity contribution in [3.05, 3.63) is 53.3 Å². The minimum absolute atomic E-state index is 0.0394. The third kappa shape index (κ3) is 2.26.